The second-order valence-electron chi connectivity index (χ2n) is 7.44. The molecule has 2 unspecified atom stereocenters. The molecule has 154 valence electrons. The summed E-state index contributed by atoms with van der Waals surface area (Å²) in [6.07, 6.45) is 0.157. The first kappa shape index (κ1) is 19.5. The van der Waals surface area contributed by atoms with Gasteiger partial charge in [-0.05, 0) is 24.6 Å². The molecule has 0 aromatic heterocycles. The number of nitrogens with zero attached hydrogens (tertiary/aromatic N) is 1. The van der Waals surface area contributed by atoms with Crippen LogP contribution >= 0.6 is 0 Å². The summed E-state index contributed by atoms with van der Waals surface area (Å²) in [5, 5.41) is 8.08. The van der Waals surface area contributed by atoms with Crippen LogP contribution < -0.4 is 16.0 Å². The Kier molecular flexibility index (Phi) is 5.05. The van der Waals surface area contributed by atoms with Crippen LogP contribution in [0.3, 0.4) is 0 Å². The minimum Gasteiger partial charge on any atom is -0.382 e. The molecule has 0 aliphatic carbocycles. The number of carbonyl (C=O) groups is 4. The molecule has 0 saturated carbocycles. The SMILES string of the molecule is O=C1CCC(N2C(=O)c3ccc(NCC4(F)CNCCOC4)cc3C2=O)C(=O)N1. The molecule has 10 heteroatoms. The molecule has 2 fully saturated rings. The van der Waals surface area contributed by atoms with Gasteiger partial charge in [-0.2, -0.15) is 0 Å². The van der Waals surface area contributed by atoms with Crippen LogP contribution in [0.15, 0.2) is 18.2 Å². The number of piperidine rings is 1. The van der Waals surface area contributed by atoms with E-state index in [0.29, 0.717) is 18.8 Å². The number of hydrogen-bond donors (Lipinski definition) is 3. The second-order valence-corrected chi connectivity index (χ2v) is 7.44. The van der Waals surface area contributed by atoms with Gasteiger partial charge in [0.25, 0.3) is 11.8 Å². The van der Waals surface area contributed by atoms with E-state index in [1.807, 2.05) is 0 Å². The van der Waals surface area contributed by atoms with Gasteiger partial charge < -0.3 is 15.4 Å². The fourth-order valence-electron chi connectivity index (χ4n) is 3.72. The van der Waals surface area contributed by atoms with Gasteiger partial charge in [0, 0.05) is 25.2 Å². The Hall–Kier alpha value is -2.85. The summed E-state index contributed by atoms with van der Waals surface area (Å²) < 4.78 is 20.1. The van der Waals surface area contributed by atoms with Gasteiger partial charge in [-0.15, -0.1) is 0 Å². The number of amides is 4. The lowest BCUT2D eigenvalue weighted by molar-refractivity contribution is -0.136. The highest BCUT2D eigenvalue weighted by Gasteiger charge is 2.44. The molecule has 3 heterocycles. The molecule has 3 aliphatic heterocycles. The van der Waals surface area contributed by atoms with E-state index >= 15 is 0 Å². The molecule has 3 aliphatic rings. The van der Waals surface area contributed by atoms with E-state index in [0.717, 1.165) is 4.90 Å². The Morgan fingerprint density at radius 3 is 2.79 bits per heavy atom. The smallest absolute Gasteiger partial charge is 0.262 e. The molecule has 0 spiro atoms. The first-order chi connectivity index (χ1) is 13.9. The summed E-state index contributed by atoms with van der Waals surface area (Å²) in [6.45, 7) is 1.09. The number of fused-ring (bicyclic) bond motifs is 1. The van der Waals surface area contributed by atoms with Crippen molar-refractivity contribution in [2.24, 2.45) is 0 Å². The van der Waals surface area contributed by atoms with Crippen LogP contribution in [0.25, 0.3) is 0 Å². The van der Waals surface area contributed by atoms with Gasteiger partial charge in [-0.3, -0.25) is 29.4 Å². The highest BCUT2D eigenvalue weighted by Crippen LogP contribution is 2.29. The lowest BCUT2D eigenvalue weighted by Gasteiger charge is -2.27. The van der Waals surface area contributed by atoms with Gasteiger partial charge in [0.1, 0.15) is 6.04 Å². The summed E-state index contributed by atoms with van der Waals surface area (Å²) >= 11 is 0. The lowest BCUT2D eigenvalue weighted by atomic mass is 10.0. The molecule has 1 aromatic rings. The topological polar surface area (TPSA) is 117 Å². The monoisotopic (exact) mass is 404 g/mol. The zero-order chi connectivity index (χ0) is 20.6. The Morgan fingerprint density at radius 1 is 1.21 bits per heavy atom. The number of anilines is 1. The molecule has 0 radical (unpaired) electrons. The van der Waals surface area contributed by atoms with Crippen molar-refractivity contribution in [1.29, 1.82) is 0 Å². The molecule has 9 nitrogen and oxygen atoms in total. The molecule has 4 rings (SSSR count). The molecule has 0 bridgehead atoms. The van der Waals surface area contributed by atoms with E-state index in [4.69, 9.17) is 4.74 Å². The quantitative estimate of drug-likeness (QED) is 0.597. The summed E-state index contributed by atoms with van der Waals surface area (Å²) in [4.78, 5) is 49.8. The third-order valence-corrected chi connectivity index (χ3v) is 5.27. The summed E-state index contributed by atoms with van der Waals surface area (Å²) in [6, 6.07) is 3.54. The molecule has 2 saturated heterocycles. The van der Waals surface area contributed by atoms with E-state index < -0.39 is 35.3 Å². The normalized spacial score (nSPS) is 27.5. The lowest BCUT2D eigenvalue weighted by Crippen LogP contribution is -2.54. The van der Waals surface area contributed by atoms with Crippen LogP contribution in [-0.2, 0) is 14.3 Å². The van der Waals surface area contributed by atoms with Gasteiger partial charge in [-0.1, -0.05) is 0 Å². The maximum Gasteiger partial charge on any atom is 0.262 e. The van der Waals surface area contributed by atoms with Gasteiger partial charge in [0.2, 0.25) is 11.8 Å². The minimum absolute atomic E-state index is 0.0300. The second kappa shape index (κ2) is 7.53. The van der Waals surface area contributed by atoms with Crippen LogP contribution in [0.2, 0.25) is 0 Å². The van der Waals surface area contributed by atoms with Crippen LogP contribution in [0, 0.1) is 0 Å². The Bertz CT molecular complexity index is 881. The number of rotatable bonds is 4. The highest BCUT2D eigenvalue weighted by atomic mass is 19.1. The van der Waals surface area contributed by atoms with Crippen LogP contribution in [-0.4, -0.2) is 73.1 Å². The van der Waals surface area contributed by atoms with Crippen molar-refractivity contribution < 1.29 is 28.3 Å². The van der Waals surface area contributed by atoms with E-state index in [1.54, 1.807) is 6.07 Å². The fraction of sp³-hybridized carbons (Fsp3) is 0.474. The van der Waals surface area contributed by atoms with Crippen molar-refractivity contribution in [3.05, 3.63) is 29.3 Å². The predicted molar refractivity (Wildman–Crippen MR) is 99.1 cm³/mol. The molecular weight excluding hydrogens is 383 g/mol. The third-order valence-electron chi connectivity index (χ3n) is 5.27. The molecule has 29 heavy (non-hydrogen) atoms. The number of ether oxygens (including phenoxy) is 1. The van der Waals surface area contributed by atoms with Gasteiger partial charge in [0.15, 0.2) is 5.67 Å². The first-order valence-corrected chi connectivity index (χ1v) is 9.45. The predicted octanol–water partition coefficient (Wildman–Crippen LogP) is -0.172. The van der Waals surface area contributed by atoms with Crippen LogP contribution in [0.4, 0.5) is 10.1 Å². The first-order valence-electron chi connectivity index (χ1n) is 9.45. The molecule has 4 amide bonds. The largest absolute Gasteiger partial charge is 0.382 e. The number of alkyl halides is 1. The zero-order valence-electron chi connectivity index (χ0n) is 15.6. The molecule has 1 aromatic carbocycles. The fourth-order valence-corrected chi connectivity index (χ4v) is 3.72. The summed E-state index contributed by atoms with van der Waals surface area (Å²) in [5.74, 6) is -2.26. The number of hydrogen-bond acceptors (Lipinski definition) is 7. The van der Waals surface area contributed by atoms with Crippen molar-refractivity contribution in [3.63, 3.8) is 0 Å². The number of carbonyl (C=O) groups excluding carboxylic acids is 4. The maximum absolute atomic E-state index is 14.9. The van der Waals surface area contributed by atoms with Crippen molar-refractivity contribution in [2.75, 3.05) is 38.2 Å². The van der Waals surface area contributed by atoms with Crippen molar-refractivity contribution in [1.82, 2.24) is 15.5 Å². The Balaban J connectivity index is 1.49. The molecule has 2 atom stereocenters. The number of nitrogens with one attached hydrogen (secondary N) is 3. The van der Waals surface area contributed by atoms with Crippen molar-refractivity contribution in [3.8, 4) is 0 Å². The van der Waals surface area contributed by atoms with Crippen molar-refractivity contribution in [2.45, 2.75) is 24.6 Å². The number of imide groups is 2. The number of halogens is 1. The van der Waals surface area contributed by atoms with Crippen LogP contribution in [0.1, 0.15) is 33.6 Å². The average molecular weight is 404 g/mol. The van der Waals surface area contributed by atoms with Gasteiger partial charge >= 0.3 is 0 Å². The van der Waals surface area contributed by atoms with E-state index in [-0.39, 0.29) is 43.7 Å². The van der Waals surface area contributed by atoms with E-state index in [9.17, 15) is 23.6 Å². The van der Waals surface area contributed by atoms with E-state index in [1.165, 1.54) is 12.1 Å². The van der Waals surface area contributed by atoms with Gasteiger partial charge in [0.05, 0.1) is 30.9 Å². The highest BCUT2D eigenvalue weighted by molar-refractivity contribution is 6.23. The zero-order valence-corrected chi connectivity index (χ0v) is 15.6. The van der Waals surface area contributed by atoms with Gasteiger partial charge in [-0.25, -0.2) is 4.39 Å². The molecule has 3 N–H and O–H groups in total. The summed E-state index contributed by atoms with van der Waals surface area (Å²) in [7, 11) is 0. The average Bonchev–Trinajstić information content (AvgIpc) is 2.84. The Labute approximate surface area is 165 Å². The van der Waals surface area contributed by atoms with Crippen molar-refractivity contribution >= 4 is 29.3 Å². The third kappa shape index (κ3) is 3.73. The van der Waals surface area contributed by atoms with Crippen LogP contribution in [0.5, 0.6) is 0 Å². The Morgan fingerprint density at radius 2 is 2.00 bits per heavy atom. The standard InChI is InChI=1S/C19H21FN4O5/c20-19(8-21-5-6-29-10-19)9-22-11-1-2-12-13(7-11)18(28)24(17(12)27)14-3-4-15(25)23-16(14)26/h1-2,7,14,21-22H,3-6,8-10H2,(H,23,25,26). The number of benzene rings is 1. The summed E-state index contributed by atoms with van der Waals surface area (Å²) in [5.41, 5.74) is -0.794. The minimum atomic E-state index is -1.60. The molecular formula is C19H21FN4O5. The van der Waals surface area contributed by atoms with E-state index in [2.05, 4.69) is 16.0 Å². The maximum atomic E-state index is 14.9.